The first-order valence-electron chi connectivity index (χ1n) is 2.55. The van der Waals surface area contributed by atoms with Crippen molar-refractivity contribution in [3.63, 3.8) is 0 Å². The highest BCUT2D eigenvalue weighted by Crippen LogP contribution is 2.20. The molecule has 0 aromatic carbocycles. The zero-order valence-electron chi connectivity index (χ0n) is 5.70. The van der Waals surface area contributed by atoms with Crippen LogP contribution in [0.4, 0.5) is 13.2 Å². The van der Waals surface area contributed by atoms with Crippen molar-refractivity contribution >= 4 is 5.90 Å². The van der Waals surface area contributed by atoms with Crippen LogP contribution in [0.1, 0.15) is 0 Å². The molecule has 0 aromatic rings. The van der Waals surface area contributed by atoms with Crippen LogP contribution in [0.3, 0.4) is 0 Å². The smallest absolute Gasteiger partial charge is 0.430 e. The molecule has 11 heavy (non-hydrogen) atoms. The van der Waals surface area contributed by atoms with Gasteiger partial charge in [-0.15, -0.1) is 0 Å². The highest BCUT2D eigenvalue weighted by atomic mass is 19.4. The number of methoxy groups -OCH3 is 1. The average Bonchev–Trinajstić information content (AvgIpc) is 1.85. The molecule has 0 saturated heterocycles. The van der Waals surface area contributed by atoms with Gasteiger partial charge < -0.3 is 10.5 Å². The van der Waals surface area contributed by atoms with E-state index in [0.717, 1.165) is 7.11 Å². The maximum atomic E-state index is 11.6. The van der Waals surface area contributed by atoms with E-state index in [1.54, 1.807) is 0 Å². The van der Waals surface area contributed by atoms with E-state index < -0.39 is 17.8 Å². The van der Waals surface area contributed by atoms with Gasteiger partial charge in [0.1, 0.15) is 5.70 Å². The summed E-state index contributed by atoms with van der Waals surface area (Å²) < 4.78 is 38.9. The van der Waals surface area contributed by atoms with Crippen LogP contribution in [0.15, 0.2) is 11.8 Å². The second kappa shape index (κ2) is 3.27. The summed E-state index contributed by atoms with van der Waals surface area (Å²) in [4.78, 5) is 0. The summed E-state index contributed by atoms with van der Waals surface area (Å²) in [6, 6.07) is 0. The molecule has 0 aromatic heterocycles. The van der Waals surface area contributed by atoms with Gasteiger partial charge in [-0.2, -0.15) is 13.2 Å². The molecule has 3 nitrogen and oxygen atoms in total. The van der Waals surface area contributed by atoms with Crippen molar-refractivity contribution in [1.82, 2.24) is 0 Å². The second-order valence-electron chi connectivity index (χ2n) is 1.67. The third-order valence-corrected chi connectivity index (χ3v) is 0.834. The lowest BCUT2D eigenvalue weighted by molar-refractivity contribution is -0.0926. The van der Waals surface area contributed by atoms with Gasteiger partial charge in [-0.3, -0.25) is 5.41 Å². The molecule has 0 amide bonds. The highest BCUT2D eigenvalue weighted by Gasteiger charge is 2.31. The predicted octanol–water partition coefficient (Wildman–Crippen LogP) is 1.01. The second-order valence-corrected chi connectivity index (χ2v) is 1.67. The number of hydrogen-bond acceptors (Lipinski definition) is 3. The SMILES string of the molecule is COC(=N)/C=C(\N)C(F)(F)F. The molecule has 0 spiro atoms. The Hall–Kier alpha value is -1.20. The first-order chi connectivity index (χ1) is 4.88. The van der Waals surface area contributed by atoms with Gasteiger partial charge in [0.05, 0.1) is 7.11 Å². The van der Waals surface area contributed by atoms with Gasteiger partial charge in [-0.25, -0.2) is 0 Å². The van der Waals surface area contributed by atoms with Crippen molar-refractivity contribution in [2.24, 2.45) is 5.73 Å². The fourth-order valence-electron chi connectivity index (χ4n) is 0.282. The van der Waals surface area contributed by atoms with E-state index in [1.807, 2.05) is 0 Å². The van der Waals surface area contributed by atoms with Crippen molar-refractivity contribution in [3.05, 3.63) is 11.8 Å². The van der Waals surface area contributed by atoms with Crippen molar-refractivity contribution in [3.8, 4) is 0 Å². The number of nitrogens with one attached hydrogen (secondary N) is 1. The van der Waals surface area contributed by atoms with Gasteiger partial charge in [0, 0.05) is 6.08 Å². The Morgan fingerprint density at radius 1 is 1.55 bits per heavy atom. The van der Waals surface area contributed by atoms with Crippen molar-refractivity contribution in [2.75, 3.05) is 7.11 Å². The predicted molar refractivity (Wildman–Crippen MR) is 33.1 cm³/mol. The quantitative estimate of drug-likeness (QED) is 0.453. The fourth-order valence-corrected chi connectivity index (χ4v) is 0.282. The summed E-state index contributed by atoms with van der Waals surface area (Å²) >= 11 is 0. The number of hydrogen-bond donors (Lipinski definition) is 2. The Kier molecular flexibility index (Phi) is 2.91. The molecule has 0 bridgehead atoms. The normalized spacial score (nSPS) is 12.9. The van der Waals surface area contributed by atoms with E-state index in [-0.39, 0.29) is 0 Å². The Labute approximate surface area is 61.1 Å². The zero-order chi connectivity index (χ0) is 9.07. The van der Waals surface area contributed by atoms with E-state index in [1.165, 1.54) is 0 Å². The van der Waals surface area contributed by atoms with Gasteiger partial charge in [0.25, 0.3) is 0 Å². The van der Waals surface area contributed by atoms with Crippen LogP contribution in [0.25, 0.3) is 0 Å². The first kappa shape index (κ1) is 9.80. The lowest BCUT2D eigenvalue weighted by atomic mass is 10.4. The van der Waals surface area contributed by atoms with Gasteiger partial charge in [-0.05, 0) is 0 Å². The number of rotatable bonds is 1. The van der Waals surface area contributed by atoms with Crippen LogP contribution in [-0.4, -0.2) is 19.2 Å². The molecule has 0 unspecified atom stereocenters. The van der Waals surface area contributed by atoms with Gasteiger partial charge in [0.2, 0.25) is 5.90 Å². The zero-order valence-corrected chi connectivity index (χ0v) is 5.70. The molecule has 0 radical (unpaired) electrons. The summed E-state index contributed by atoms with van der Waals surface area (Å²) in [7, 11) is 1.09. The maximum Gasteiger partial charge on any atom is 0.430 e. The molecule has 0 rings (SSSR count). The Balaban J connectivity index is 4.35. The molecular weight excluding hydrogens is 161 g/mol. The summed E-state index contributed by atoms with van der Waals surface area (Å²) in [5.41, 5.74) is 3.20. The number of ether oxygens (including phenoxy) is 1. The molecule has 0 fully saturated rings. The summed E-state index contributed by atoms with van der Waals surface area (Å²) in [6.45, 7) is 0. The van der Waals surface area contributed by atoms with Crippen LogP contribution in [-0.2, 0) is 4.74 Å². The van der Waals surface area contributed by atoms with Crippen LogP contribution >= 0.6 is 0 Å². The fraction of sp³-hybridized carbons (Fsp3) is 0.400. The molecule has 0 heterocycles. The summed E-state index contributed by atoms with van der Waals surface area (Å²) in [5, 5.41) is 6.67. The minimum atomic E-state index is -4.59. The average molecular weight is 168 g/mol. The van der Waals surface area contributed by atoms with E-state index in [4.69, 9.17) is 5.41 Å². The van der Waals surface area contributed by atoms with Gasteiger partial charge in [0.15, 0.2) is 0 Å². The summed E-state index contributed by atoms with van der Waals surface area (Å²) in [6.07, 6.45) is -4.19. The molecule has 0 aliphatic rings. The minimum Gasteiger partial charge on any atom is -0.481 e. The number of halogens is 3. The Bertz CT molecular complexity index is 185. The van der Waals surface area contributed by atoms with Gasteiger partial charge in [-0.1, -0.05) is 0 Å². The van der Waals surface area contributed by atoms with Gasteiger partial charge >= 0.3 is 6.18 Å². The molecule has 6 heteroatoms. The molecule has 0 aliphatic carbocycles. The van der Waals surface area contributed by atoms with Crippen molar-refractivity contribution < 1.29 is 17.9 Å². The molecule has 64 valence electrons. The van der Waals surface area contributed by atoms with Crippen molar-refractivity contribution in [1.29, 1.82) is 5.41 Å². The van der Waals surface area contributed by atoms with E-state index in [0.29, 0.717) is 6.08 Å². The molecule has 0 atom stereocenters. The molecule has 0 aliphatic heterocycles. The van der Waals surface area contributed by atoms with Crippen LogP contribution in [0.5, 0.6) is 0 Å². The third kappa shape index (κ3) is 3.49. The molecule has 0 saturated carbocycles. The lowest BCUT2D eigenvalue weighted by Gasteiger charge is -2.05. The van der Waals surface area contributed by atoms with E-state index in [9.17, 15) is 13.2 Å². The summed E-state index contributed by atoms with van der Waals surface area (Å²) in [5.74, 6) is -0.625. The first-order valence-corrected chi connectivity index (χ1v) is 2.55. The lowest BCUT2D eigenvalue weighted by Crippen LogP contribution is -2.20. The Morgan fingerprint density at radius 2 is 2.00 bits per heavy atom. The Morgan fingerprint density at radius 3 is 2.27 bits per heavy atom. The highest BCUT2D eigenvalue weighted by molar-refractivity contribution is 5.85. The maximum absolute atomic E-state index is 11.6. The topological polar surface area (TPSA) is 59.1 Å². The van der Waals surface area contributed by atoms with Crippen molar-refractivity contribution in [2.45, 2.75) is 6.18 Å². The number of allylic oxidation sites excluding steroid dienone is 1. The standard InChI is InChI=1S/C5H7F3N2O/c1-11-4(10)2-3(9)5(6,7)8/h2,10H,9H2,1H3/b3-2-,10-4?. The number of nitrogens with two attached hydrogens (primary N) is 1. The van der Waals surface area contributed by atoms with Crippen LogP contribution in [0, 0.1) is 5.41 Å². The van der Waals surface area contributed by atoms with E-state index in [2.05, 4.69) is 10.5 Å². The third-order valence-electron chi connectivity index (χ3n) is 0.834. The minimum absolute atomic E-state index is 0.403. The molecular formula is C5H7F3N2O. The molecule has 3 N–H and O–H groups in total. The largest absolute Gasteiger partial charge is 0.481 e. The van der Waals surface area contributed by atoms with Crippen LogP contribution < -0.4 is 5.73 Å². The monoisotopic (exact) mass is 168 g/mol. The van der Waals surface area contributed by atoms with Crippen LogP contribution in [0.2, 0.25) is 0 Å². The number of alkyl halides is 3. The van der Waals surface area contributed by atoms with E-state index >= 15 is 0 Å².